The Morgan fingerprint density at radius 2 is 2.12 bits per heavy atom. The first kappa shape index (κ1) is 13.1. The van der Waals surface area contributed by atoms with Gasteiger partial charge in [0.15, 0.2) is 5.60 Å². The van der Waals surface area contributed by atoms with Crippen LogP contribution in [0.2, 0.25) is 0 Å². The molecule has 0 radical (unpaired) electrons. The second-order valence-electron chi connectivity index (χ2n) is 3.93. The Balaban J connectivity index is 2.75. The minimum atomic E-state index is -0.531. The maximum absolute atomic E-state index is 5.84. The van der Waals surface area contributed by atoms with Crippen LogP contribution in [0.4, 0.5) is 0 Å². The molecule has 2 nitrogen and oxygen atoms in total. The molecular weight excluding hydrogens is 268 g/mol. The zero-order valence-electron chi connectivity index (χ0n) is 9.92. The van der Waals surface area contributed by atoms with Gasteiger partial charge >= 0.3 is 0 Å². The van der Waals surface area contributed by atoms with Crippen molar-refractivity contribution in [3.05, 3.63) is 41.1 Å². The summed E-state index contributed by atoms with van der Waals surface area (Å²) >= 11 is 3.40. The number of benzene rings is 1. The lowest BCUT2D eigenvalue weighted by molar-refractivity contribution is 0.0642. The summed E-state index contributed by atoms with van der Waals surface area (Å²) in [6.45, 7) is 10.3. The van der Waals surface area contributed by atoms with Crippen LogP contribution in [0.1, 0.15) is 20.8 Å². The molecule has 0 saturated carbocycles. The number of rotatable bonds is 5. The minimum absolute atomic E-state index is 0.531. The van der Waals surface area contributed by atoms with E-state index in [4.69, 9.17) is 9.47 Å². The Labute approximate surface area is 105 Å². The molecule has 0 unspecified atom stereocenters. The van der Waals surface area contributed by atoms with Crippen LogP contribution in [-0.4, -0.2) is 12.2 Å². The van der Waals surface area contributed by atoms with Crippen molar-refractivity contribution >= 4 is 15.9 Å². The molecule has 16 heavy (non-hydrogen) atoms. The van der Waals surface area contributed by atoms with E-state index in [2.05, 4.69) is 22.5 Å². The maximum atomic E-state index is 5.84. The Hall–Kier alpha value is -0.960. The van der Waals surface area contributed by atoms with E-state index in [0.29, 0.717) is 12.4 Å². The number of hydrogen-bond donors (Lipinski definition) is 0. The van der Waals surface area contributed by atoms with Gasteiger partial charge in [-0.05, 0) is 39.0 Å². The molecule has 0 N–H and O–H groups in total. The Kier molecular flexibility index (Phi) is 4.42. The summed E-state index contributed by atoms with van der Waals surface area (Å²) in [7, 11) is 0. The van der Waals surface area contributed by atoms with Crippen LogP contribution in [0.25, 0.3) is 0 Å². The predicted molar refractivity (Wildman–Crippen MR) is 69.6 cm³/mol. The summed E-state index contributed by atoms with van der Waals surface area (Å²) in [5.74, 6) is 1.43. The Bertz CT molecular complexity index is 372. The third kappa shape index (κ3) is 3.56. The molecule has 1 aromatic carbocycles. The van der Waals surface area contributed by atoms with Gasteiger partial charge in [0.25, 0.3) is 0 Å². The molecule has 1 rings (SSSR count). The van der Waals surface area contributed by atoms with Gasteiger partial charge in [0.2, 0.25) is 0 Å². The van der Waals surface area contributed by atoms with Crippen LogP contribution in [0.15, 0.2) is 41.1 Å². The van der Waals surface area contributed by atoms with E-state index < -0.39 is 5.60 Å². The normalized spacial score (nSPS) is 11.0. The summed E-state index contributed by atoms with van der Waals surface area (Å²) in [6, 6.07) is 7.71. The average Bonchev–Trinajstić information content (AvgIpc) is 2.17. The second kappa shape index (κ2) is 5.39. The van der Waals surface area contributed by atoms with Crippen molar-refractivity contribution in [3.63, 3.8) is 0 Å². The van der Waals surface area contributed by atoms with E-state index in [-0.39, 0.29) is 0 Å². The van der Waals surface area contributed by atoms with Gasteiger partial charge in [-0.25, -0.2) is 0 Å². The summed E-state index contributed by atoms with van der Waals surface area (Å²) in [5, 5.41) is 0. The molecule has 0 aliphatic carbocycles. The molecule has 0 saturated heterocycles. The Morgan fingerprint density at radius 1 is 1.44 bits per heavy atom. The molecule has 0 fully saturated rings. The van der Waals surface area contributed by atoms with Gasteiger partial charge in [0.05, 0.1) is 6.61 Å². The molecule has 0 aromatic heterocycles. The third-order valence-corrected chi connectivity index (χ3v) is 2.65. The van der Waals surface area contributed by atoms with E-state index in [9.17, 15) is 0 Å². The van der Waals surface area contributed by atoms with Crippen LogP contribution < -0.4 is 4.74 Å². The van der Waals surface area contributed by atoms with Gasteiger partial charge in [0, 0.05) is 4.47 Å². The van der Waals surface area contributed by atoms with Crippen molar-refractivity contribution < 1.29 is 9.47 Å². The van der Waals surface area contributed by atoms with E-state index in [1.807, 2.05) is 45.0 Å². The molecule has 0 heterocycles. The van der Waals surface area contributed by atoms with E-state index in [0.717, 1.165) is 10.2 Å². The third-order valence-electron chi connectivity index (χ3n) is 2.16. The van der Waals surface area contributed by atoms with E-state index in [1.54, 1.807) is 0 Å². The molecule has 0 atom stereocenters. The zero-order chi connectivity index (χ0) is 12.2. The van der Waals surface area contributed by atoms with Crippen LogP contribution in [0.3, 0.4) is 0 Å². The second-order valence-corrected chi connectivity index (χ2v) is 4.84. The van der Waals surface area contributed by atoms with Crippen molar-refractivity contribution in [2.75, 3.05) is 6.61 Å². The highest BCUT2D eigenvalue weighted by atomic mass is 79.9. The Morgan fingerprint density at radius 3 is 2.69 bits per heavy atom. The fourth-order valence-electron chi connectivity index (χ4n) is 1.23. The highest BCUT2D eigenvalue weighted by Gasteiger charge is 2.25. The van der Waals surface area contributed by atoms with Crippen LogP contribution >= 0.6 is 15.9 Å². The maximum Gasteiger partial charge on any atom is 0.159 e. The van der Waals surface area contributed by atoms with Crippen LogP contribution in [-0.2, 0) is 4.74 Å². The fraction of sp³-hybridized carbons (Fsp3) is 0.385. The van der Waals surface area contributed by atoms with Crippen molar-refractivity contribution in [1.82, 2.24) is 0 Å². The SMILES string of the molecule is C=C(OCC)C(C)(C)Oc1cccc(Br)c1. The standard InChI is InChI=1S/C13H17BrO2/c1-5-15-10(2)13(3,4)16-12-8-6-7-11(14)9-12/h6-9H,2,5H2,1,3-4H3. The monoisotopic (exact) mass is 284 g/mol. The highest BCUT2D eigenvalue weighted by Crippen LogP contribution is 2.26. The minimum Gasteiger partial charge on any atom is -0.495 e. The number of ether oxygens (including phenoxy) is 2. The van der Waals surface area contributed by atoms with Gasteiger partial charge in [-0.3, -0.25) is 0 Å². The van der Waals surface area contributed by atoms with E-state index >= 15 is 0 Å². The zero-order valence-corrected chi connectivity index (χ0v) is 11.5. The quantitative estimate of drug-likeness (QED) is 0.756. The molecule has 0 bridgehead atoms. The molecule has 88 valence electrons. The molecule has 0 aliphatic heterocycles. The molecule has 0 aliphatic rings. The molecule has 0 amide bonds. The first-order chi connectivity index (χ1) is 7.45. The van der Waals surface area contributed by atoms with Gasteiger partial charge in [-0.15, -0.1) is 0 Å². The van der Waals surface area contributed by atoms with Gasteiger partial charge in [-0.2, -0.15) is 0 Å². The average molecular weight is 285 g/mol. The van der Waals surface area contributed by atoms with E-state index in [1.165, 1.54) is 0 Å². The summed E-state index contributed by atoms with van der Waals surface area (Å²) < 4.78 is 12.2. The predicted octanol–water partition coefficient (Wildman–Crippen LogP) is 4.16. The topological polar surface area (TPSA) is 18.5 Å². The van der Waals surface area contributed by atoms with Crippen LogP contribution in [0, 0.1) is 0 Å². The lowest BCUT2D eigenvalue weighted by Gasteiger charge is -2.28. The van der Waals surface area contributed by atoms with Gasteiger partial charge in [0.1, 0.15) is 11.5 Å². The largest absolute Gasteiger partial charge is 0.495 e. The lowest BCUT2D eigenvalue weighted by atomic mass is 10.1. The summed E-state index contributed by atoms with van der Waals surface area (Å²) in [5.41, 5.74) is -0.531. The highest BCUT2D eigenvalue weighted by molar-refractivity contribution is 9.10. The summed E-state index contributed by atoms with van der Waals surface area (Å²) in [4.78, 5) is 0. The smallest absolute Gasteiger partial charge is 0.159 e. The first-order valence-corrected chi connectivity index (χ1v) is 6.02. The number of halogens is 1. The van der Waals surface area contributed by atoms with Gasteiger partial charge in [-0.1, -0.05) is 28.6 Å². The van der Waals surface area contributed by atoms with Crippen LogP contribution in [0.5, 0.6) is 5.75 Å². The first-order valence-electron chi connectivity index (χ1n) is 5.22. The van der Waals surface area contributed by atoms with Crippen molar-refractivity contribution in [3.8, 4) is 5.75 Å². The fourth-order valence-corrected chi connectivity index (χ4v) is 1.61. The van der Waals surface area contributed by atoms with Gasteiger partial charge < -0.3 is 9.47 Å². The van der Waals surface area contributed by atoms with Crippen molar-refractivity contribution in [1.29, 1.82) is 0 Å². The molecule has 0 spiro atoms. The molecular formula is C13H17BrO2. The molecule has 1 aromatic rings. The summed E-state index contributed by atoms with van der Waals surface area (Å²) in [6.07, 6.45) is 0. The molecule has 3 heteroatoms. The van der Waals surface area contributed by atoms with Crippen molar-refractivity contribution in [2.24, 2.45) is 0 Å². The lowest BCUT2D eigenvalue weighted by Crippen LogP contribution is -2.31. The van der Waals surface area contributed by atoms with Crippen molar-refractivity contribution in [2.45, 2.75) is 26.4 Å². The number of hydrogen-bond acceptors (Lipinski definition) is 2.